The molecule has 106 valence electrons. The molecule has 2 heterocycles. The molecule has 2 rings (SSSR count). The number of nitrogens with zero attached hydrogens (tertiary/aromatic N) is 4. The Labute approximate surface area is 117 Å². The zero-order valence-corrected chi connectivity index (χ0v) is 12.1. The van der Waals surface area contributed by atoms with Crippen LogP contribution in [0.1, 0.15) is 54.3 Å². The Morgan fingerprint density at radius 3 is 2.60 bits per heavy atom. The molecule has 0 saturated carbocycles. The van der Waals surface area contributed by atoms with E-state index in [1.807, 2.05) is 27.7 Å². The second-order valence-electron chi connectivity index (χ2n) is 4.95. The maximum absolute atomic E-state index is 10.9. The van der Waals surface area contributed by atoms with Crippen LogP contribution in [-0.4, -0.2) is 30.6 Å². The van der Waals surface area contributed by atoms with Gasteiger partial charge >= 0.3 is 5.97 Å². The van der Waals surface area contributed by atoms with Crippen LogP contribution in [0.25, 0.3) is 5.82 Å². The molecule has 2 aromatic rings. The molecule has 0 aliphatic carbocycles. The molecule has 0 amide bonds. The van der Waals surface area contributed by atoms with Crippen LogP contribution in [0.3, 0.4) is 0 Å². The average Bonchev–Trinajstić information content (AvgIpc) is 2.87. The van der Waals surface area contributed by atoms with Crippen LogP contribution in [-0.2, 0) is 6.42 Å². The monoisotopic (exact) mass is 274 g/mol. The van der Waals surface area contributed by atoms with E-state index in [0.717, 1.165) is 23.5 Å². The number of carbonyl (C=O) groups is 1. The number of hydrogen-bond acceptors (Lipinski definition) is 4. The molecule has 20 heavy (non-hydrogen) atoms. The van der Waals surface area contributed by atoms with Gasteiger partial charge in [0.15, 0.2) is 5.69 Å². The zero-order valence-electron chi connectivity index (χ0n) is 12.1. The molecule has 6 heteroatoms. The van der Waals surface area contributed by atoms with Crippen molar-refractivity contribution >= 4 is 5.97 Å². The van der Waals surface area contributed by atoms with E-state index in [1.165, 1.54) is 12.5 Å². The van der Waals surface area contributed by atoms with E-state index < -0.39 is 5.97 Å². The lowest BCUT2D eigenvalue weighted by Gasteiger charge is -2.13. The van der Waals surface area contributed by atoms with E-state index in [9.17, 15) is 4.79 Å². The Bertz CT molecular complexity index is 647. The predicted octanol–water partition coefficient (Wildman–Crippen LogP) is 2.35. The zero-order chi connectivity index (χ0) is 14.9. The summed E-state index contributed by atoms with van der Waals surface area (Å²) in [5.41, 5.74) is 1.94. The lowest BCUT2D eigenvalue weighted by atomic mass is 10.1. The molecule has 0 saturated heterocycles. The Kier molecular flexibility index (Phi) is 3.83. The molecule has 0 aliphatic rings. The molecule has 1 N–H and O–H groups in total. The highest BCUT2D eigenvalue weighted by molar-refractivity contribution is 5.85. The van der Waals surface area contributed by atoms with Crippen LogP contribution < -0.4 is 0 Å². The number of aromatic carboxylic acids is 1. The van der Waals surface area contributed by atoms with Crippen molar-refractivity contribution in [2.75, 3.05) is 0 Å². The molecular formula is C14H18N4O2. The maximum Gasteiger partial charge on any atom is 0.356 e. The Balaban J connectivity index is 2.60. The first-order chi connectivity index (χ1) is 9.43. The summed E-state index contributed by atoms with van der Waals surface area (Å²) >= 11 is 0. The Hall–Kier alpha value is -2.24. The van der Waals surface area contributed by atoms with Gasteiger partial charge in [-0.2, -0.15) is 0 Å². The van der Waals surface area contributed by atoms with E-state index in [4.69, 9.17) is 5.11 Å². The summed E-state index contributed by atoms with van der Waals surface area (Å²) in [6.45, 7) is 8.03. The summed E-state index contributed by atoms with van der Waals surface area (Å²) in [5.74, 6) is 0.626. The standard InChI is InChI=1S/C14H18N4O2/c1-5-10-9(4)16-12(8(2)3)17-13(10)18-6-11(14(19)20)15-7-18/h6-8H,5H2,1-4H3,(H,19,20). The van der Waals surface area contributed by atoms with Crippen molar-refractivity contribution in [1.29, 1.82) is 0 Å². The second-order valence-corrected chi connectivity index (χ2v) is 4.95. The number of carboxylic acid groups (broad SMARTS) is 1. The van der Waals surface area contributed by atoms with Crippen LogP contribution in [0.5, 0.6) is 0 Å². The van der Waals surface area contributed by atoms with Gasteiger partial charge in [0.05, 0.1) is 0 Å². The van der Waals surface area contributed by atoms with Crippen molar-refractivity contribution in [3.05, 3.63) is 35.3 Å². The molecule has 0 fully saturated rings. The van der Waals surface area contributed by atoms with E-state index in [0.29, 0.717) is 5.82 Å². The van der Waals surface area contributed by atoms with Gasteiger partial charge in [-0.1, -0.05) is 20.8 Å². The largest absolute Gasteiger partial charge is 0.476 e. The fourth-order valence-electron chi connectivity index (χ4n) is 2.04. The van der Waals surface area contributed by atoms with E-state index in [-0.39, 0.29) is 11.6 Å². The number of aryl methyl sites for hydroxylation is 1. The topological polar surface area (TPSA) is 80.9 Å². The maximum atomic E-state index is 10.9. The molecule has 0 atom stereocenters. The summed E-state index contributed by atoms with van der Waals surface area (Å²) < 4.78 is 1.66. The highest BCUT2D eigenvalue weighted by atomic mass is 16.4. The number of aromatic nitrogens is 4. The highest BCUT2D eigenvalue weighted by Crippen LogP contribution is 2.20. The average molecular weight is 274 g/mol. The minimum Gasteiger partial charge on any atom is -0.476 e. The minimum atomic E-state index is -1.04. The van der Waals surface area contributed by atoms with Crippen LogP contribution in [0.2, 0.25) is 0 Å². The minimum absolute atomic E-state index is 0.00872. The fourth-order valence-corrected chi connectivity index (χ4v) is 2.04. The predicted molar refractivity (Wildman–Crippen MR) is 74.3 cm³/mol. The normalized spacial score (nSPS) is 11.1. The molecule has 6 nitrogen and oxygen atoms in total. The summed E-state index contributed by atoms with van der Waals surface area (Å²) in [5, 5.41) is 8.96. The third-order valence-electron chi connectivity index (χ3n) is 3.13. The lowest BCUT2D eigenvalue weighted by molar-refractivity contribution is 0.0691. The number of hydrogen-bond donors (Lipinski definition) is 1. The van der Waals surface area contributed by atoms with Gasteiger partial charge in [0.25, 0.3) is 0 Å². The van der Waals surface area contributed by atoms with Crippen molar-refractivity contribution in [3.63, 3.8) is 0 Å². The molecular weight excluding hydrogens is 256 g/mol. The number of carboxylic acids is 1. The van der Waals surface area contributed by atoms with Gasteiger partial charge in [-0.15, -0.1) is 0 Å². The SMILES string of the molecule is CCc1c(C)nc(C(C)C)nc1-n1cnc(C(=O)O)c1. The number of rotatable bonds is 4. The second kappa shape index (κ2) is 5.40. The molecule has 2 aromatic heterocycles. The van der Waals surface area contributed by atoms with E-state index in [1.54, 1.807) is 4.57 Å². The van der Waals surface area contributed by atoms with Gasteiger partial charge in [0.1, 0.15) is 18.0 Å². The van der Waals surface area contributed by atoms with Crippen molar-refractivity contribution < 1.29 is 9.90 Å². The fraction of sp³-hybridized carbons (Fsp3) is 0.429. The molecule has 0 unspecified atom stereocenters. The smallest absolute Gasteiger partial charge is 0.356 e. The Morgan fingerprint density at radius 2 is 2.10 bits per heavy atom. The third-order valence-corrected chi connectivity index (χ3v) is 3.13. The van der Waals surface area contributed by atoms with Gasteiger partial charge in [0.2, 0.25) is 0 Å². The molecule has 0 spiro atoms. The van der Waals surface area contributed by atoms with Gasteiger partial charge in [-0.05, 0) is 13.3 Å². The first kappa shape index (κ1) is 14.2. The summed E-state index contributed by atoms with van der Waals surface area (Å²) in [6, 6.07) is 0. The summed E-state index contributed by atoms with van der Waals surface area (Å²) in [6.07, 6.45) is 3.74. The van der Waals surface area contributed by atoms with Crippen LogP contribution in [0.15, 0.2) is 12.5 Å². The van der Waals surface area contributed by atoms with E-state index >= 15 is 0 Å². The van der Waals surface area contributed by atoms with Crippen molar-refractivity contribution in [2.24, 2.45) is 0 Å². The van der Waals surface area contributed by atoms with Crippen LogP contribution >= 0.6 is 0 Å². The van der Waals surface area contributed by atoms with Gasteiger partial charge in [-0.3, -0.25) is 4.57 Å². The quantitative estimate of drug-likeness (QED) is 0.925. The lowest BCUT2D eigenvalue weighted by Crippen LogP contribution is -2.10. The van der Waals surface area contributed by atoms with Crippen molar-refractivity contribution in [3.8, 4) is 5.82 Å². The first-order valence-corrected chi connectivity index (χ1v) is 6.59. The molecule has 0 bridgehead atoms. The number of imidazole rings is 1. The van der Waals surface area contributed by atoms with Gasteiger partial charge < -0.3 is 5.11 Å². The van der Waals surface area contributed by atoms with E-state index in [2.05, 4.69) is 15.0 Å². The van der Waals surface area contributed by atoms with Crippen molar-refractivity contribution in [2.45, 2.75) is 40.0 Å². The van der Waals surface area contributed by atoms with Crippen LogP contribution in [0, 0.1) is 6.92 Å². The van der Waals surface area contributed by atoms with Crippen molar-refractivity contribution in [1.82, 2.24) is 19.5 Å². The first-order valence-electron chi connectivity index (χ1n) is 6.59. The van der Waals surface area contributed by atoms with Gasteiger partial charge in [0, 0.05) is 23.4 Å². The molecule has 0 radical (unpaired) electrons. The highest BCUT2D eigenvalue weighted by Gasteiger charge is 2.15. The molecule has 0 aliphatic heterocycles. The summed E-state index contributed by atoms with van der Waals surface area (Å²) in [4.78, 5) is 23.9. The summed E-state index contributed by atoms with van der Waals surface area (Å²) in [7, 11) is 0. The van der Waals surface area contributed by atoms with Gasteiger partial charge in [-0.25, -0.2) is 19.7 Å². The third kappa shape index (κ3) is 2.54. The van der Waals surface area contributed by atoms with Crippen LogP contribution in [0.4, 0.5) is 0 Å². The molecule has 0 aromatic carbocycles. The Morgan fingerprint density at radius 1 is 1.40 bits per heavy atom.